The first-order valence-corrected chi connectivity index (χ1v) is 7.81. The van der Waals surface area contributed by atoms with E-state index in [-0.39, 0.29) is 11.7 Å². The Labute approximate surface area is 134 Å². The summed E-state index contributed by atoms with van der Waals surface area (Å²) in [4.78, 5) is 16.5. The van der Waals surface area contributed by atoms with Crippen LogP contribution in [-0.2, 0) is 6.54 Å². The third kappa shape index (κ3) is 3.96. The molecule has 5 nitrogen and oxygen atoms in total. The zero-order valence-electron chi connectivity index (χ0n) is 13.2. The summed E-state index contributed by atoms with van der Waals surface area (Å²) >= 11 is 0. The molecular weight excluding hydrogens is 297 g/mol. The molecule has 0 atom stereocenters. The van der Waals surface area contributed by atoms with Crippen LogP contribution < -0.4 is 0 Å². The second kappa shape index (κ2) is 6.91. The van der Waals surface area contributed by atoms with Crippen LogP contribution in [-0.4, -0.2) is 47.0 Å². The molecule has 1 aliphatic heterocycles. The van der Waals surface area contributed by atoms with Gasteiger partial charge >= 0.3 is 0 Å². The van der Waals surface area contributed by atoms with Crippen molar-refractivity contribution in [2.75, 3.05) is 26.2 Å². The molecule has 1 aromatic carbocycles. The van der Waals surface area contributed by atoms with Crippen LogP contribution in [0.25, 0.3) is 0 Å². The van der Waals surface area contributed by atoms with E-state index in [0.717, 1.165) is 31.0 Å². The van der Waals surface area contributed by atoms with Crippen molar-refractivity contribution in [3.63, 3.8) is 0 Å². The fraction of sp³-hybridized carbons (Fsp3) is 0.412. The Morgan fingerprint density at radius 1 is 1.26 bits per heavy atom. The summed E-state index contributed by atoms with van der Waals surface area (Å²) in [6, 6.07) is 7.80. The Hall–Kier alpha value is -2.21. The van der Waals surface area contributed by atoms with E-state index in [1.807, 2.05) is 13.0 Å². The smallest absolute Gasteiger partial charge is 0.254 e. The topological polar surface area (TPSA) is 49.6 Å². The van der Waals surface area contributed by atoms with Gasteiger partial charge in [-0.2, -0.15) is 0 Å². The number of hydrogen-bond acceptors (Lipinski definition) is 4. The Kier molecular flexibility index (Phi) is 4.71. The number of carbonyl (C=O) groups excluding carboxylic acids is 1. The summed E-state index contributed by atoms with van der Waals surface area (Å²) < 4.78 is 18.5. The molecule has 2 heterocycles. The lowest BCUT2D eigenvalue weighted by molar-refractivity contribution is 0.0760. The van der Waals surface area contributed by atoms with Crippen LogP contribution in [0.3, 0.4) is 0 Å². The monoisotopic (exact) mass is 317 g/mol. The highest BCUT2D eigenvalue weighted by Gasteiger charge is 2.21. The zero-order chi connectivity index (χ0) is 16.2. The molecule has 3 rings (SSSR count). The van der Waals surface area contributed by atoms with Gasteiger partial charge in [0.05, 0.1) is 12.2 Å². The van der Waals surface area contributed by atoms with Gasteiger partial charge in [0, 0.05) is 37.8 Å². The minimum Gasteiger partial charge on any atom is -0.360 e. The van der Waals surface area contributed by atoms with E-state index in [0.29, 0.717) is 25.2 Å². The van der Waals surface area contributed by atoms with Crippen LogP contribution in [0.5, 0.6) is 0 Å². The first kappa shape index (κ1) is 15.7. The molecule has 0 unspecified atom stereocenters. The van der Waals surface area contributed by atoms with E-state index in [1.165, 1.54) is 12.1 Å². The zero-order valence-corrected chi connectivity index (χ0v) is 13.2. The van der Waals surface area contributed by atoms with Crippen molar-refractivity contribution in [3.05, 3.63) is 53.2 Å². The third-order valence-electron chi connectivity index (χ3n) is 4.00. The Bertz CT molecular complexity index is 686. The van der Waals surface area contributed by atoms with Crippen LogP contribution in [0.15, 0.2) is 34.9 Å². The van der Waals surface area contributed by atoms with Crippen LogP contribution in [0.2, 0.25) is 0 Å². The summed E-state index contributed by atoms with van der Waals surface area (Å²) in [6.07, 6.45) is 0.883. The van der Waals surface area contributed by atoms with E-state index in [2.05, 4.69) is 10.1 Å². The molecule has 0 saturated carbocycles. The molecule has 0 spiro atoms. The normalized spacial score (nSPS) is 16.3. The predicted molar refractivity (Wildman–Crippen MR) is 83.4 cm³/mol. The minimum absolute atomic E-state index is 0.109. The fourth-order valence-corrected chi connectivity index (χ4v) is 2.85. The summed E-state index contributed by atoms with van der Waals surface area (Å²) in [6.45, 7) is 5.56. The number of amides is 1. The molecule has 0 radical (unpaired) electrons. The van der Waals surface area contributed by atoms with E-state index in [9.17, 15) is 9.18 Å². The maximum absolute atomic E-state index is 13.3. The maximum Gasteiger partial charge on any atom is 0.254 e. The highest BCUT2D eigenvalue weighted by molar-refractivity contribution is 5.94. The molecule has 1 aromatic heterocycles. The maximum atomic E-state index is 13.3. The molecular formula is C17H20FN3O2. The molecule has 2 aromatic rings. The lowest BCUT2D eigenvalue weighted by Crippen LogP contribution is -2.35. The molecule has 1 fully saturated rings. The third-order valence-corrected chi connectivity index (χ3v) is 4.00. The van der Waals surface area contributed by atoms with Gasteiger partial charge in [-0.1, -0.05) is 11.2 Å². The average Bonchev–Trinajstić information content (AvgIpc) is 2.80. The van der Waals surface area contributed by atoms with Crippen molar-refractivity contribution in [3.8, 4) is 0 Å². The molecule has 0 bridgehead atoms. The molecule has 6 heteroatoms. The van der Waals surface area contributed by atoms with Gasteiger partial charge < -0.3 is 9.42 Å². The molecule has 1 saturated heterocycles. The molecule has 1 amide bonds. The summed E-state index contributed by atoms with van der Waals surface area (Å²) in [7, 11) is 0. The van der Waals surface area contributed by atoms with Gasteiger partial charge in [-0.25, -0.2) is 4.39 Å². The van der Waals surface area contributed by atoms with Gasteiger partial charge in [-0.05, 0) is 31.5 Å². The number of benzene rings is 1. The second-order valence-electron chi connectivity index (χ2n) is 5.87. The van der Waals surface area contributed by atoms with E-state index < -0.39 is 0 Å². The summed E-state index contributed by atoms with van der Waals surface area (Å²) in [5.74, 6) is 0.349. The van der Waals surface area contributed by atoms with Crippen molar-refractivity contribution < 1.29 is 13.7 Å². The largest absolute Gasteiger partial charge is 0.360 e. The molecule has 122 valence electrons. The van der Waals surface area contributed by atoms with Gasteiger partial charge in [0.1, 0.15) is 5.82 Å². The van der Waals surface area contributed by atoms with E-state index >= 15 is 0 Å². The molecule has 0 N–H and O–H groups in total. The summed E-state index contributed by atoms with van der Waals surface area (Å²) in [5.41, 5.74) is 1.28. The van der Waals surface area contributed by atoms with Crippen LogP contribution in [0.1, 0.15) is 28.2 Å². The second-order valence-corrected chi connectivity index (χ2v) is 5.87. The highest BCUT2D eigenvalue weighted by Crippen LogP contribution is 2.13. The van der Waals surface area contributed by atoms with Crippen LogP contribution >= 0.6 is 0 Å². The molecule has 1 aliphatic rings. The van der Waals surface area contributed by atoms with E-state index in [4.69, 9.17) is 4.52 Å². The lowest BCUT2D eigenvalue weighted by Gasteiger charge is -2.21. The molecule has 23 heavy (non-hydrogen) atoms. The van der Waals surface area contributed by atoms with Crippen molar-refractivity contribution in [2.45, 2.75) is 19.9 Å². The Morgan fingerprint density at radius 2 is 2.13 bits per heavy atom. The average molecular weight is 317 g/mol. The lowest BCUT2D eigenvalue weighted by atomic mass is 10.2. The van der Waals surface area contributed by atoms with Crippen molar-refractivity contribution >= 4 is 5.91 Å². The number of rotatable bonds is 3. The number of carbonyl (C=O) groups is 1. The highest BCUT2D eigenvalue weighted by atomic mass is 19.1. The Balaban J connectivity index is 1.60. The number of aryl methyl sites for hydroxylation is 1. The van der Waals surface area contributed by atoms with Crippen molar-refractivity contribution in [2.24, 2.45) is 0 Å². The first-order valence-electron chi connectivity index (χ1n) is 7.81. The number of aromatic nitrogens is 1. The van der Waals surface area contributed by atoms with Crippen LogP contribution in [0.4, 0.5) is 4.39 Å². The van der Waals surface area contributed by atoms with E-state index in [1.54, 1.807) is 17.0 Å². The first-order chi connectivity index (χ1) is 11.1. The quantitative estimate of drug-likeness (QED) is 0.872. The van der Waals surface area contributed by atoms with Gasteiger partial charge in [-0.15, -0.1) is 0 Å². The van der Waals surface area contributed by atoms with Gasteiger partial charge in [-0.3, -0.25) is 9.69 Å². The summed E-state index contributed by atoms with van der Waals surface area (Å²) in [5, 5.41) is 3.89. The van der Waals surface area contributed by atoms with Gasteiger partial charge in [0.25, 0.3) is 5.91 Å². The minimum atomic E-state index is -0.381. The standard InChI is InChI=1S/C17H20FN3O2/c1-13-10-16(23-19-13)12-20-6-3-7-21(9-8-20)17(22)14-4-2-5-15(18)11-14/h2,4-5,10-11H,3,6-9,12H2,1H3. The molecule has 0 aliphatic carbocycles. The van der Waals surface area contributed by atoms with Gasteiger partial charge in [0.2, 0.25) is 0 Å². The fourth-order valence-electron chi connectivity index (χ4n) is 2.85. The number of hydrogen-bond donors (Lipinski definition) is 0. The Morgan fingerprint density at radius 3 is 2.87 bits per heavy atom. The van der Waals surface area contributed by atoms with Crippen molar-refractivity contribution in [1.29, 1.82) is 0 Å². The van der Waals surface area contributed by atoms with Crippen molar-refractivity contribution in [1.82, 2.24) is 15.0 Å². The number of halogens is 1. The van der Waals surface area contributed by atoms with Gasteiger partial charge in [0.15, 0.2) is 5.76 Å². The SMILES string of the molecule is Cc1cc(CN2CCCN(C(=O)c3cccc(F)c3)CC2)on1. The number of nitrogens with zero attached hydrogens (tertiary/aromatic N) is 3. The van der Waals surface area contributed by atoms with Crippen LogP contribution in [0, 0.1) is 12.7 Å². The predicted octanol–water partition coefficient (Wildman–Crippen LogP) is 2.47.